The molecule has 0 saturated heterocycles. The number of hydrogen-bond donors (Lipinski definition) is 1. The van der Waals surface area contributed by atoms with Crippen molar-refractivity contribution in [1.82, 2.24) is 4.57 Å². The fraction of sp³-hybridized carbons (Fsp3) is 0.333. The van der Waals surface area contributed by atoms with Gasteiger partial charge in [-0.3, -0.25) is 0 Å². The monoisotopic (exact) mass is 259 g/mol. The van der Waals surface area contributed by atoms with E-state index >= 15 is 0 Å². The van der Waals surface area contributed by atoms with Crippen molar-refractivity contribution >= 4 is 0 Å². The Kier molecular flexibility index (Phi) is 3.17. The number of nitrogens with two attached hydrogens (primary N) is 1. The molecule has 0 saturated carbocycles. The van der Waals surface area contributed by atoms with E-state index in [0.717, 1.165) is 24.6 Å². The van der Waals surface area contributed by atoms with Crippen LogP contribution in [0.3, 0.4) is 0 Å². The Labute approximate surface area is 113 Å². The quantitative estimate of drug-likeness (QED) is 0.899. The Bertz CT molecular complexity index is 577. The van der Waals surface area contributed by atoms with Crippen LogP contribution in [0.25, 0.3) is 0 Å². The molecule has 1 aliphatic rings. The van der Waals surface area contributed by atoms with Crippen LogP contribution in [0, 0.1) is 0 Å². The fourth-order valence-corrected chi connectivity index (χ4v) is 2.78. The summed E-state index contributed by atoms with van der Waals surface area (Å²) < 4.78 is 13.2. The first-order chi connectivity index (χ1) is 9.33. The summed E-state index contributed by atoms with van der Waals surface area (Å²) in [5, 5.41) is 2.35. The summed E-state index contributed by atoms with van der Waals surface area (Å²) in [6.07, 6.45) is 2.14. The van der Waals surface area contributed by atoms with Gasteiger partial charge in [-0.2, -0.15) is 0 Å². The molecule has 0 unspecified atom stereocenters. The van der Waals surface area contributed by atoms with Gasteiger partial charge < -0.3 is 19.4 Å². The molecule has 0 radical (unpaired) electrons. The molecule has 0 aliphatic carbocycles. The number of nitrogens with zero attached hydrogens (tertiary/aromatic N) is 1. The van der Waals surface area contributed by atoms with Crippen molar-refractivity contribution in [3.63, 3.8) is 0 Å². The molecule has 100 valence electrons. The first-order valence-corrected chi connectivity index (χ1v) is 6.54. The Hall–Kier alpha value is -1.94. The van der Waals surface area contributed by atoms with E-state index in [-0.39, 0.29) is 6.04 Å². The third-order valence-corrected chi connectivity index (χ3v) is 3.73. The average molecular weight is 259 g/mol. The molecular formula is C15H19N2O2+. The van der Waals surface area contributed by atoms with Crippen LogP contribution in [0.2, 0.25) is 0 Å². The molecule has 3 rings (SSSR count). The highest BCUT2D eigenvalue weighted by Crippen LogP contribution is 2.31. The van der Waals surface area contributed by atoms with E-state index < -0.39 is 0 Å². The number of aromatic nitrogens is 1. The van der Waals surface area contributed by atoms with Crippen molar-refractivity contribution in [2.24, 2.45) is 0 Å². The summed E-state index contributed by atoms with van der Waals surface area (Å²) in [5.41, 5.74) is 2.49. The number of benzene rings is 1. The topological polar surface area (TPSA) is 40.0 Å². The molecule has 2 N–H and O–H groups in total. The average Bonchev–Trinajstić information content (AvgIpc) is 2.94. The van der Waals surface area contributed by atoms with Gasteiger partial charge in [-0.05, 0) is 30.3 Å². The van der Waals surface area contributed by atoms with Gasteiger partial charge in [0.2, 0.25) is 0 Å². The van der Waals surface area contributed by atoms with Crippen LogP contribution >= 0.6 is 0 Å². The van der Waals surface area contributed by atoms with Crippen molar-refractivity contribution < 1.29 is 14.8 Å². The molecular weight excluding hydrogens is 240 g/mol. The molecule has 19 heavy (non-hydrogen) atoms. The zero-order valence-corrected chi connectivity index (χ0v) is 11.3. The lowest BCUT2D eigenvalue weighted by atomic mass is 10.0. The third kappa shape index (κ3) is 2.08. The summed E-state index contributed by atoms with van der Waals surface area (Å²) in [7, 11) is 3.41. The summed E-state index contributed by atoms with van der Waals surface area (Å²) in [6.45, 7) is 2.14. The number of hydrogen-bond acceptors (Lipinski definition) is 2. The molecule has 1 aromatic heterocycles. The third-order valence-electron chi connectivity index (χ3n) is 3.73. The Morgan fingerprint density at radius 1 is 1.21 bits per heavy atom. The van der Waals surface area contributed by atoms with Gasteiger partial charge in [0.15, 0.2) is 6.04 Å². The van der Waals surface area contributed by atoms with Crippen molar-refractivity contribution in [3.8, 4) is 11.5 Å². The highest BCUT2D eigenvalue weighted by atomic mass is 16.5. The summed E-state index contributed by atoms with van der Waals surface area (Å²) in [5.74, 6) is 1.78. The molecule has 0 spiro atoms. The standard InChI is InChI=1S/C15H18N2O2/c1-18-11-5-6-14(19-2)12(10-11)15-13-4-3-8-17(13)9-7-16-15/h3-6,8,10,15-16H,7,9H2,1-2H3/p+1/t15-/m1/s1. The van der Waals surface area contributed by atoms with Gasteiger partial charge in [0.05, 0.1) is 38.6 Å². The van der Waals surface area contributed by atoms with Crippen LogP contribution in [0.4, 0.5) is 0 Å². The van der Waals surface area contributed by atoms with E-state index in [0.29, 0.717) is 0 Å². The van der Waals surface area contributed by atoms with E-state index in [4.69, 9.17) is 9.47 Å². The van der Waals surface area contributed by atoms with Gasteiger partial charge in [-0.15, -0.1) is 0 Å². The molecule has 4 heteroatoms. The maximum atomic E-state index is 5.50. The number of methoxy groups -OCH3 is 2. The molecule has 0 fully saturated rings. The van der Waals surface area contributed by atoms with Crippen molar-refractivity contribution in [1.29, 1.82) is 0 Å². The lowest BCUT2D eigenvalue weighted by Crippen LogP contribution is -2.88. The maximum Gasteiger partial charge on any atom is 0.156 e. The van der Waals surface area contributed by atoms with Crippen LogP contribution in [0.5, 0.6) is 11.5 Å². The number of ether oxygens (including phenoxy) is 2. The molecule has 0 amide bonds. The lowest BCUT2D eigenvalue weighted by Gasteiger charge is -2.25. The smallest absolute Gasteiger partial charge is 0.156 e. The summed E-state index contributed by atoms with van der Waals surface area (Å²) in [4.78, 5) is 0. The number of fused-ring (bicyclic) bond motifs is 1. The Balaban J connectivity index is 2.07. The highest BCUT2D eigenvalue weighted by Gasteiger charge is 2.27. The summed E-state index contributed by atoms with van der Waals surface area (Å²) in [6, 6.07) is 10.5. The summed E-state index contributed by atoms with van der Waals surface area (Å²) >= 11 is 0. The molecule has 1 aromatic carbocycles. The van der Waals surface area contributed by atoms with Crippen molar-refractivity contribution in [3.05, 3.63) is 47.8 Å². The van der Waals surface area contributed by atoms with Crippen LogP contribution in [-0.4, -0.2) is 25.3 Å². The predicted molar refractivity (Wildman–Crippen MR) is 72.6 cm³/mol. The molecule has 4 nitrogen and oxygen atoms in total. The van der Waals surface area contributed by atoms with E-state index in [1.54, 1.807) is 14.2 Å². The normalized spacial score (nSPS) is 17.9. The fourth-order valence-electron chi connectivity index (χ4n) is 2.78. The van der Waals surface area contributed by atoms with Crippen LogP contribution in [0.15, 0.2) is 36.5 Å². The van der Waals surface area contributed by atoms with Crippen LogP contribution in [0.1, 0.15) is 17.3 Å². The van der Waals surface area contributed by atoms with Gasteiger partial charge in [-0.25, -0.2) is 0 Å². The van der Waals surface area contributed by atoms with Crippen molar-refractivity contribution in [2.75, 3.05) is 20.8 Å². The van der Waals surface area contributed by atoms with Crippen LogP contribution < -0.4 is 14.8 Å². The Morgan fingerprint density at radius 2 is 2.11 bits per heavy atom. The SMILES string of the molecule is COc1ccc(OC)c([C@H]2[NH2+]CCn3cccc32)c1. The lowest BCUT2D eigenvalue weighted by molar-refractivity contribution is -0.693. The van der Waals surface area contributed by atoms with Gasteiger partial charge in [-0.1, -0.05) is 0 Å². The van der Waals surface area contributed by atoms with Crippen LogP contribution in [-0.2, 0) is 6.54 Å². The largest absolute Gasteiger partial charge is 0.497 e. The first-order valence-electron chi connectivity index (χ1n) is 6.54. The first kappa shape index (κ1) is 12.1. The molecule has 2 aromatic rings. The minimum absolute atomic E-state index is 0.272. The van der Waals surface area contributed by atoms with E-state index in [9.17, 15) is 0 Å². The van der Waals surface area contributed by atoms with E-state index in [2.05, 4.69) is 34.3 Å². The van der Waals surface area contributed by atoms with E-state index in [1.807, 2.05) is 12.1 Å². The molecule has 0 bridgehead atoms. The maximum absolute atomic E-state index is 5.50. The second kappa shape index (κ2) is 4.97. The Morgan fingerprint density at radius 3 is 2.89 bits per heavy atom. The minimum atomic E-state index is 0.272. The zero-order chi connectivity index (χ0) is 13.2. The van der Waals surface area contributed by atoms with Crippen molar-refractivity contribution in [2.45, 2.75) is 12.6 Å². The second-order valence-corrected chi connectivity index (χ2v) is 4.74. The van der Waals surface area contributed by atoms with Gasteiger partial charge >= 0.3 is 0 Å². The van der Waals surface area contributed by atoms with Gasteiger partial charge in [0.1, 0.15) is 11.5 Å². The molecule has 2 heterocycles. The second-order valence-electron chi connectivity index (χ2n) is 4.74. The molecule has 1 atom stereocenters. The zero-order valence-electron chi connectivity index (χ0n) is 11.3. The molecule has 1 aliphatic heterocycles. The number of quaternary nitrogens is 1. The van der Waals surface area contributed by atoms with E-state index in [1.165, 1.54) is 11.3 Å². The number of rotatable bonds is 3. The van der Waals surface area contributed by atoms with Gasteiger partial charge in [0.25, 0.3) is 0 Å². The minimum Gasteiger partial charge on any atom is -0.497 e. The highest BCUT2D eigenvalue weighted by molar-refractivity contribution is 5.44. The predicted octanol–water partition coefficient (Wildman–Crippen LogP) is 1.17. The van der Waals surface area contributed by atoms with Gasteiger partial charge in [0, 0.05) is 6.20 Å².